The van der Waals surface area contributed by atoms with Crippen molar-refractivity contribution in [2.75, 3.05) is 0 Å². The number of hydrogen-bond donors (Lipinski definition) is 1. The lowest BCUT2D eigenvalue weighted by Crippen LogP contribution is -2.49. The molecule has 0 spiro atoms. The van der Waals surface area contributed by atoms with Gasteiger partial charge in [0, 0.05) is 29.9 Å². The number of halogens is 1. The monoisotopic (exact) mass is 488 g/mol. The predicted octanol–water partition coefficient (Wildman–Crippen LogP) is 6.34. The molecule has 4 nitrogen and oxygen atoms in total. The Hall–Kier alpha value is -3.11. The molecule has 0 heterocycles. The first-order valence-corrected chi connectivity index (χ1v) is 12.8. The normalized spacial score (nSPS) is 14.6. The molecule has 4 rings (SSSR count). The largest absolute Gasteiger partial charge is 0.352 e. The average Bonchev–Trinajstić information content (AvgIpc) is 3.40. The first kappa shape index (κ1) is 25.0. The van der Waals surface area contributed by atoms with E-state index in [0.29, 0.717) is 5.02 Å². The summed E-state index contributed by atoms with van der Waals surface area (Å²) in [5.41, 5.74) is 2.99. The predicted molar refractivity (Wildman–Crippen MR) is 141 cm³/mol. The van der Waals surface area contributed by atoms with Gasteiger partial charge >= 0.3 is 0 Å². The minimum Gasteiger partial charge on any atom is -0.352 e. The van der Waals surface area contributed by atoms with E-state index in [2.05, 4.69) is 29.6 Å². The lowest BCUT2D eigenvalue weighted by Gasteiger charge is -2.31. The van der Waals surface area contributed by atoms with Crippen LogP contribution in [-0.2, 0) is 16.1 Å². The van der Waals surface area contributed by atoms with Gasteiger partial charge in [0.2, 0.25) is 11.8 Å². The minimum absolute atomic E-state index is 0.0725. The first-order chi connectivity index (χ1) is 17.0. The molecule has 3 aromatic rings. The van der Waals surface area contributed by atoms with Gasteiger partial charge in [0.15, 0.2) is 0 Å². The Bertz CT molecular complexity index is 1070. The third kappa shape index (κ3) is 6.52. The summed E-state index contributed by atoms with van der Waals surface area (Å²) in [6.07, 6.45) is 4.54. The van der Waals surface area contributed by atoms with E-state index < -0.39 is 6.04 Å². The van der Waals surface area contributed by atoms with E-state index in [1.165, 1.54) is 0 Å². The number of carbonyl (C=O) groups excluding carboxylic acids is 2. The molecule has 1 fully saturated rings. The van der Waals surface area contributed by atoms with Crippen LogP contribution in [0.5, 0.6) is 0 Å². The van der Waals surface area contributed by atoms with Gasteiger partial charge in [0.25, 0.3) is 0 Å². The second kappa shape index (κ2) is 12.0. The van der Waals surface area contributed by atoms with Crippen molar-refractivity contribution >= 4 is 23.4 Å². The van der Waals surface area contributed by atoms with Crippen LogP contribution in [0.4, 0.5) is 0 Å². The van der Waals surface area contributed by atoms with Crippen LogP contribution in [-0.4, -0.2) is 28.8 Å². The molecule has 0 saturated heterocycles. The molecule has 2 amide bonds. The molecule has 0 bridgehead atoms. The number of benzene rings is 3. The van der Waals surface area contributed by atoms with Gasteiger partial charge < -0.3 is 10.2 Å². The molecule has 0 unspecified atom stereocenters. The fourth-order valence-electron chi connectivity index (χ4n) is 4.88. The van der Waals surface area contributed by atoms with Gasteiger partial charge in [-0.25, -0.2) is 0 Å². The zero-order valence-electron chi connectivity index (χ0n) is 20.2. The Morgan fingerprint density at radius 2 is 1.43 bits per heavy atom. The number of hydrogen-bond acceptors (Lipinski definition) is 2. The Kier molecular flexibility index (Phi) is 8.59. The van der Waals surface area contributed by atoms with Gasteiger partial charge in [-0.05, 0) is 42.5 Å². The van der Waals surface area contributed by atoms with Crippen LogP contribution in [0.25, 0.3) is 0 Å². The van der Waals surface area contributed by atoms with E-state index in [1.54, 1.807) is 4.90 Å². The van der Waals surface area contributed by atoms with Crippen molar-refractivity contribution in [2.45, 2.75) is 63.6 Å². The molecule has 0 aliphatic heterocycles. The molecule has 1 aliphatic carbocycles. The first-order valence-electron chi connectivity index (χ1n) is 12.5. The molecule has 1 atom stereocenters. The van der Waals surface area contributed by atoms with Gasteiger partial charge in [-0.15, -0.1) is 0 Å². The van der Waals surface area contributed by atoms with E-state index >= 15 is 0 Å². The summed E-state index contributed by atoms with van der Waals surface area (Å²) >= 11 is 6.45. The van der Waals surface area contributed by atoms with Crippen molar-refractivity contribution < 1.29 is 9.59 Å². The van der Waals surface area contributed by atoms with Gasteiger partial charge in [-0.1, -0.05) is 103 Å². The maximum absolute atomic E-state index is 13.9. The standard InChI is InChI=1S/C30H33ClN2O2/c1-22(30(35)32-26-17-9-10-18-26)33(21-25-16-8-11-19-28(25)31)29(34)20-27(23-12-4-2-5-13-23)24-14-6-3-7-15-24/h2-8,11-16,19,22,26-27H,9-10,17-18,20-21H2,1H3,(H,32,35)/t22-/m1/s1. The van der Waals surface area contributed by atoms with Crippen molar-refractivity contribution in [3.63, 3.8) is 0 Å². The summed E-state index contributed by atoms with van der Waals surface area (Å²) in [7, 11) is 0. The Morgan fingerprint density at radius 3 is 2.00 bits per heavy atom. The Labute approximate surface area is 213 Å². The van der Waals surface area contributed by atoms with Crippen LogP contribution in [0.1, 0.15) is 61.6 Å². The van der Waals surface area contributed by atoms with Crippen LogP contribution in [0.3, 0.4) is 0 Å². The highest BCUT2D eigenvalue weighted by atomic mass is 35.5. The number of carbonyl (C=O) groups is 2. The summed E-state index contributed by atoms with van der Waals surface area (Å²) in [4.78, 5) is 28.8. The van der Waals surface area contributed by atoms with Crippen LogP contribution in [0.2, 0.25) is 5.02 Å². The molecule has 182 valence electrons. The zero-order chi connectivity index (χ0) is 24.6. The Morgan fingerprint density at radius 1 is 0.886 bits per heavy atom. The average molecular weight is 489 g/mol. The maximum Gasteiger partial charge on any atom is 0.242 e. The molecule has 1 N–H and O–H groups in total. The highest BCUT2D eigenvalue weighted by Crippen LogP contribution is 2.30. The quantitative estimate of drug-likeness (QED) is 0.382. The summed E-state index contributed by atoms with van der Waals surface area (Å²) in [6, 6.07) is 27.3. The third-order valence-electron chi connectivity index (χ3n) is 6.95. The van der Waals surface area contributed by atoms with Gasteiger partial charge in [0.1, 0.15) is 6.04 Å². The summed E-state index contributed by atoms with van der Waals surface area (Å²) in [6.45, 7) is 2.10. The number of amides is 2. The van der Waals surface area contributed by atoms with Crippen molar-refractivity contribution in [3.05, 3.63) is 107 Å². The van der Waals surface area contributed by atoms with Crippen LogP contribution >= 0.6 is 11.6 Å². The van der Waals surface area contributed by atoms with E-state index in [4.69, 9.17) is 11.6 Å². The molecular formula is C30H33ClN2O2. The smallest absolute Gasteiger partial charge is 0.242 e. The fraction of sp³-hybridized carbons (Fsp3) is 0.333. The fourth-order valence-corrected chi connectivity index (χ4v) is 5.07. The molecule has 0 aromatic heterocycles. The molecule has 1 saturated carbocycles. The molecule has 35 heavy (non-hydrogen) atoms. The van der Waals surface area contributed by atoms with Crippen molar-refractivity contribution in [1.29, 1.82) is 0 Å². The summed E-state index contributed by atoms with van der Waals surface area (Å²) in [5.74, 6) is -0.284. The van der Waals surface area contributed by atoms with Gasteiger partial charge in [-0.3, -0.25) is 9.59 Å². The second-order valence-corrected chi connectivity index (χ2v) is 9.76. The van der Waals surface area contributed by atoms with Crippen LogP contribution in [0, 0.1) is 0 Å². The van der Waals surface area contributed by atoms with Gasteiger partial charge in [-0.2, -0.15) is 0 Å². The maximum atomic E-state index is 13.9. The zero-order valence-corrected chi connectivity index (χ0v) is 21.0. The highest BCUT2D eigenvalue weighted by Gasteiger charge is 2.30. The van der Waals surface area contributed by atoms with Crippen LogP contribution in [0.15, 0.2) is 84.9 Å². The van der Waals surface area contributed by atoms with Crippen molar-refractivity contribution in [3.8, 4) is 0 Å². The molecule has 1 aliphatic rings. The van der Waals surface area contributed by atoms with E-state index in [-0.39, 0.29) is 36.7 Å². The lowest BCUT2D eigenvalue weighted by atomic mass is 9.88. The van der Waals surface area contributed by atoms with E-state index in [9.17, 15) is 9.59 Å². The SMILES string of the molecule is C[C@H](C(=O)NC1CCCC1)N(Cc1ccccc1Cl)C(=O)CC(c1ccccc1)c1ccccc1. The minimum atomic E-state index is -0.605. The number of nitrogens with zero attached hydrogens (tertiary/aromatic N) is 1. The number of rotatable bonds is 9. The lowest BCUT2D eigenvalue weighted by molar-refractivity contribution is -0.141. The molecular weight excluding hydrogens is 456 g/mol. The summed E-state index contributed by atoms with van der Waals surface area (Å²) in [5, 5.41) is 3.76. The van der Waals surface area contributed by atoms with Crippen molar-refractivity contribution in [1.82, 2.24) is 10.2 Å². The number of nitrogens with one attached hydrogen (secondary N) is 1. The summed E-state index contributed by atoms with van der Waals surface area (Å²) < 4.78 is 0. The molecule has 0 radical (unpaired) electrons. The van der Waals surface area contributed by atoms with E-state index in [0.717, 1.165) is 42.4 Å². The Balaban J connectivity index is 1.61. The third-order valence-corrected chi connectivity index (χ3v) is 7.32. The second-order valence-electron chi connectivity index (χ2n) is 9.36. The van der Waals surface area contributed by atoms with Crippen LogP contribution < -0.4 is 5.32 Å². The van der Waals surface area contributed by atoms with Gasteiger partial charge in [0.05, 0.1) is 0 Å². The molecule has 5 heteroatoms. The van der Waals surface area contributed by atoms with E-state index in [1.807, 2.05) is 67.6 Å². The molecule has 3 aromatic carbocycles. The highest BCUT2D eigenvalue weighted by molar-refractivity contribution is 6.31. The van der Waals surface area contributed by atoms with Crippen molar-refractivity contribution in [2.24, 2.45) is 0 Å². The topological polar surface area (TPSA) is 49.4 Å².